The van der Waals surface area contributed by atoms with Crippen molar-refractivity contribution >= 4 is 30.3 Å². The van der Waals surface area contributed by atoms with Gasteiger partial charge in [0.2, 0.25) is 0 Å². The van der Waals surface area contributed by atoms with Crippen LogP contribution in [0.1, 0.15) is 61.1 Å². The fraction of sp³-hybridized carbons (Fsp3) is 0.480. The van der Waals surface area contributed by atoms with Gasteiger partial charge in [-0.25, -0.2) is 0 Å². The molecule has 158 valence electrons. The summed E-state index contributed by atoms with van der Waals surface area (Å²) in [7, 11) is -0.889. The van der Waals surface area contributed by atoms with Gasteiger partial charge in [-0.05, 0) is 69.2 Å². The van der Waals surface area contributed by atoms with Crippen molar-refractivity contribution in [2.75, 3.05) is 0 Å². The lowest BCUT2D eigenvalue weighted by Crippen LogP contribution is -2.58. The van der Waals surface area contributed by atoms with E-state index in [4.69, 9.17) is 9.31 Å². The first-order valence-electron chi connectivity index (χ1n) is 10.8. The van der Waals surface area contributed by atoms with Crippen LogP contribution in [-0.4, -0.2) is 30.6 Å². The summed E-state index contributed by atoms with van der Waals surface area (Å²) >= 11 is 0. The Bertz CT molecular complexity index is 888. The van der Waals surface area contributed by atoms with Gasteiger partial charge in [0.1, 0.15) is 5.58 Å². The first kappa shape index (κ1) is 22.8. The molecule has 0 amide bonds. The molecule has 0 atom stereocenters. The molecular formula is C25H34B2O3. The summed E-state index contributed by atoms with van der Waals surface area (Å²) in [5.74, 6) is 0. The van der Waals surface area contributed by atoms with Crippen LogP contribution in [0.3, 0.4) is 0 Å². The molecule has 2 aromatic carbocycles. The van der Waals surface area contributed by atoms with E-state index in [1.54, 1.807) is 0 Å². The maximum Gasteiger partial charge on any atom is 0.523 e. The number of carbonyl (C=O) groups excluding carboxylic acids is 1. The minimum absolute atomic E-state index is 0.0289. The molecule has 1 saturated heterocycles. The predicted molar refractivity (Wildman–Crippen MR) is 128 cm³/mol. The van der Waals surface area contributed by atoms with Gasteiger partial charge in [-0.1, -0.05) is 68.6 Å². The molecule has 1 fully saturated rings. The zero-order chi connectivity index (χ0) is 22.6. The SMILES string of the molecule is Cc1cc(C)c(B(C(=O)B2OC(C)(C)C(C)(C)O2)c2c(C)cc(C)cc2C)c(C)c1. The first-order valence-corrected chi connectivity index (χ1v) is 10.8. The van der Waals surface area contributed by atoms with Crippen LogP contribution in [0.4, 0.5) is 4.79 Å². The van der Waals surface area contributed by atoms with Crippen LogP contribution in [0.2, 0.25) is 0 Å². The Morgan fingerprint density at radius 3 is 1.30 bits per heavy atom. The zero-order valence-corrected chi connectivity index (χ0v) is 20.2. The highest BCUT2D eigenvalue weighted by molar-refractivity contribution is 7.25. The third kappa shape index (κ3) is 3.90. The Morgan fingerprint density at radius 1 is 0.700 bits per heavy atom. The Morgan fingerprint density at radius 2 is 1.00 bits per heavy atom. The van der Waals surface area contributed by atoms with Gasteiger partial charge in [-0.3, -0.25) is 0 Å². The fourth-order valence-corrected chi connectivity index (χ4v) is 4.82. The van der Waals surface area contributed by atoms with Crippen LogP contribution >= 0.6 is 0 Å². The second-order valence-corrected chi connectivity index (χ2v) is 10.0. The second kappa shape index (κ2) is 7.69. The minimum atomic E-state index is -0.889. The standard InChI is InChI=1S/C25H34B2O3/c1-15-11-17(3)21(18(4)12-15)26(22-19(5)13-16(2)14-20(22)6)23(28)27-29-24(7,8)25(9,10)30-27/h11-14H,1-10H3. The highest BCUT2D eigenvalue weighted by atomic mass is 16.7. The van der Waals surface area contributed by atoms with Gasteiger partial charge in [0.25, 0.3) is 6.71 Å². The lowest BCUT2D eigenvalue weighted by Gasteiger charge is -2.32. The summed E-state index contributed by atoms with van der Waals surface area (Å²) in [6, 6.07) is 8.63. The van der Waals surface area contributed by atoms with Crippen LogP contribution < -0.4 is 10.9 Å². The Kier molecular flexibility index (Phi) is 5.85. The van der Waals surface area contributed by atoms with E-state index in [9.17, 15) is 4.79 Å². The lowest BCUT2D eigenvalue weighted by molar-refractivity contribution is 0.00578. The molecule has 2 aromatic rings. The summed E-state index contributed by atoms with van der Waals surface area (Å²) < 4.78 is 12.4. The molecule has 0 N–H and O–H groups in total. The molecule has 3 nitrogen and oxygen atoms in total. The highest BCUT2D eigenvalue weighted by Crippen LogP contribution is 2.37. The lowest BCUT2D eigenvalue weighted by atomic mass is 9.29. The van der Waals surface area contributed by atoms with Crippen LogP contribution in [0, 0.1) is 41.5 Å². The van der Waals surface area contributed by atoms with Gasteiger partial charge < -0.3 is 14.1 Å². The summed E-state index contributed by atoms with van der Waals surface area (Å²) in [4.78, 5) is 14.1. The Hall–Kier alpha value is -1.84. The molecule has 1 aliphatic heterocycles. The van der Waals surface area contributed by atoms with E-state index in [0.717, 1.165) is 33.2 Å². The van der Waals surface area contributed by atoms with E-state index in [-0.39, 0.29) is 5.58 Å². The molecule has 0 bridgehead atoms. The van der Waals surface area contributed by atoms with Gasteiger partial charge in [-0.15, -0.1) is 0 Å². The minimum Gasteiger partial charge on any atom is -0.398 e. The number of aryl methyl sites for hydroxylation is 6. The normalized spacial score (nSPS) is 17.3. The molecule has 3 rings (SSSR count). The van der Waals surface area contributed by atoms with E-state index in [1.807, 2.05) is 27.7 Å². The van der Waals surface area contributed by atoms with Gasteiger partial charge >= 0.3 is 7.12 Å². The van der Waals surface area contributed by atoms with Crippen molar-refractivity contribution in [1.82, 2.24) is 0 Å². The monoisotopic (exact) mass is 404 g/mol. The molecule has 5 heteroatoms. The van der Waals surface area contributed by atoms with Gasteiger partial charge in [0, 0.05) is 0 Å². The van der Waals surface area contributed by atoms with Crippen LogP contribution in [0.5, 0.6) is 0 Å². The van der Waals surface area contributed by atoms with Crippen molar-refractivity contribution in [3.63, 3.8) is 0 Å². The Balaban J connectivity index is 2.22. The summed E-state index contributed by atoms with van der Waals surface area (Å²) in [5, 5.41) is 0. The summed E-state index contributed by atoms with van der Waals surface area (Å²) in [6.45, 7) is 20.1. The average Bonchev–Trinajstić information content (AvgIpc) is 2.78. The van der Waals surface area contributed by atoms with Gasteiger partial charge in [0.15, 0.2) is 0 Å². The predicted octanol–water partition coefficient (Wildman–Crippen LogP) is 4.52. The van der Waals surface area contributed by atoms with Crippen molar-refractivity contribution in [1.29, 1.82) is 0 Å². The number of carbonyl (C=O) groups is 1. The number of benzene rings is 2. The zero-order valence-electron chi connectivity index (χ0n) is 20.2. The topological polar surface area (TPSA) is 35.5 Å². The van der Waals surface area contributed by atoms with E-state index in [1.165, 1.54) is 11.1 Å². The first-order chi connectivity index (χ1) is 13.7. The number of hydrogen-bond donors (Lipinski definition) is 0. The van der Waals surface area contributed by atoms with Crippen molar-refractivity contribution < 1.29 is 14.1 Å². The molecule has 1 aliphatic rings. The average molecular weight is 404 g/mol. The number of rotatable bonds is 4. The summed E-state index contributed by atoms with van der Waals surface area (Å²) in [6.07, 6.45) is 0. The Labute approximate surface area is 182 Å². The molecule has 0 unspecified atom stereocenters. The smallest absolute Gasteiger partial charge is 0.398 e. The fourth-order valence-electron chi connectivity index (χ4n) is 4.82. The van der Waals surface area contributed by atoms with Crippen molar-refractivity contribution in [2.24, 2.45) is 0 Å². The molecule has 30 heavy (non-hydrogen) atoms. The summed E-state index contributed by atoms with van der Waals surface area (Å²) in [5.41, 5.74) is 7.91. The number of hydrogen-bond acceptors (Lipinski definition) is 3. The largest absolute Gasteiger partial charge is 0.523 e. The maximum absolute atomic E-state index is 14.1. The molecule has 0 saturated carbocycles. The molecule has 0 spiro atoms. The van der Waals surface area contributed by atoms with Crippen molar-refractivity contribution in [3.8, 4) is 0 Å². The third-order valence-electron chi connectivity index (χ3n) is 6.82. The van der Waals surface area contributed by atoms with Gasteiger partial charge in [0.05, 0.1) is 11.2 Å². The van der Waals surface area contributed by atoms with Crippen molar-refractivity contribution in [2.45, 2.75) is 80.4 Å². The third-order valence-corrected chi connectivity index (χ3v) is 6.82. The second-order valence-electron chi connectivity index (χ2n) is 10.0. The quantitative estimate of drug-likeness (QED) is 0.703. The maximum atomic E-state index is 14.1. The van der Waals surface area contributed by atoms with E-state index in [0.29, 0.717) is 0 Å². The van der Waals surface area contributed by atoms with Crippen LogP contribution in [-0.2, 0) is 9.31 Å². The molecular weight excluding hydrogens is 370 g/mol. The molecule has 0 radical (unpaired) electrons. The van der Waals surface area contributed by atoms with Crippen LogP contribution in [0.25, 0.3) is 0 Å². The van der Waals surface area contributed by atoms with E-state index < -0.39 is 25.0 Å². The molecule has 0 aromatic heterocycles. The molecule has 1 heterocycles. The van der Waals surface area contributed by atoms with E-state index >= 15 is 0 Å². The highest BCUT2D eigenvalue weighted by Gasteiger charge is 2.56. The molecule has 0 aliphatic carbocycles. The van der Waals surface area contributed by atoms with E-state index in [2.05, 4.69) is 65.8 Å². The van der Waals surface area contributed by atoms with Crippen LogP contribution in [0.15, 0.2) is 24.3 Å². The van der Waals surface area contributed by atoms with Gasteiger partial charge in [-0.2, -0.15) is 0 Å². The van der Waals surface area contributed by atoms with Crippen molar-refractivity contribution in [3.05, 3.63) is 57.6 Å².